The van der Waals surface area contributed by atoms with Crippen molar-refractivity contribution in [2.75, 3.05) is 5.73 Å². The minimum absolute atomic E-state index is 0.464. The van der Waals surface area contributed by atoms with Gasteiger partial charge in [0.25, 0.3) is 11.7 Å². The maximum atomic E-state index is 11.4. The van der Waals surface area contributed by atoms with Crippen LogP contribution in [0.3, 0.4) is 0 Å². The van der Waals surface area contributed by atoms with Gasteiger partial charge in [0.15, 0.2) is 0 Å². The number of rotatable bonds is 0. The van der Waals surface area contributed by atoms with Crippen LogP contribution in [-0.4, -0.2) is 0 Å². The summed E-state index contributed by atoms with van der Waals surface area (Å²) in [7, 11) is 0. The zero-order chi connectivity index (χ0) is 9.26. The molecule has 3 nitrogen and oxygen atoms in total. The highest BCUT2D eigenvalue weighted by molar-refractivity contribution is 5.75. The number of benzene rings is 1. The van der Waals surface area contributed by atoms with E-state index in [-0.39, 0.29) is 0 Å². The Bertz CT molecular complexity index is 508. The maximum absolute atomic E-state index is 11.4. The monoisotopic (exact) mass is 173 g/mol. The highest BCUT2D eigenvalue weighted by Gasteiger charge is 2.02. The van der Waals surface area contributed by atoms with E-state index in [9.17, 15) is 4.91 Å². The third-order valence-corrected chi connectivity index (χ3v) is 1.90. The fourth-order valence-corrected chi connectivity index (χ4v) is 1.26. The van der Waals surface area contributed by atoms with E-state index < -0.39 is 0 Å². The number of aromatic nitrogens is 1. The van der Waals surface area contributed by atoms with Crippen LogP contribution in [0.4, 0.5) is 5.69 Å². The maximum Gasteiger partial charge on any atom is 0.270 e. The molecule has 0 spiro atoms. The molecule has 0 saturated heterocycles. The summed E-state index contributed by atoms with van der Waals surface area (Å²) in [5, 5.41) is 0.884. The predicted molar refractivity (Wildman–Crippen MR) is 51.7 cm³/mol. The largest absolute Gasteiger partial charge is 0.394 e. The molecule has 64 valence electrons. The third-order valence-electron chi connectivity index (χ3n) is 1.90. The van der Waals surface area contributed by atoms with Crippen molar-refractivity contribution in [2.24, 2.45) is 0 Å². The number of para-hydroxylation sites is 1. The first-order valence-electron chi connectivity index (χ1n) is 3.98. The summed E-state index contributed by atoms with van der Waals surface area (Å²) in [5.41, 5.74) is 6.63. The number of anilines is 1. The highest BCUT2D eigenvalue weighted by atomic mass is 16.3. The standard InChI is InChI=1S/C10H9N2O/c11-9-6-5-8-3-1-2-4-10(8)12(13)7-9/h1-7H,11H2/q+1. The molecule has 0 aliphatic heterocycles. The lowest BCUT2D eigenvalue weighted by Crippen LogP contribution is -2.11. The van der Waals surface area contributed by atoms with Gasteiger partial charge < -0.3 is 5.73 Å². The Hall–Kier alpha value is -1.90. The van der Waals surface area contributed by atoms with Crippen LogP contribution >= 0.6 is 0 Å². The van der Waals surface area contributed by atoms with E-state index in [1.54, 1.807) is 12.1 Å². The first-order chi connectivity index (χ1) is 6.27. The number of nitrogen functional groups attached to an aromatic ring is 1. The molecule has 3 heteroatoms. The summed E-state index contributed by atoms with van der Waals surface area (Å²) in [6.45, 7) is 0. The molecule has 0 amide bonds. The normalized spacial score (nSPS) is 10.2. The van der Waals surface area contributed by atoms with Crippen LogP contribution in [0.1, 0.15) is 0 Å². The predicted octanol–water partition coefficient (Wildman–Crippen LogP) is 1.34. The van der Waals surface area contributed by atoms with Gasteiger partial charge in [-0.15, -0.1) is 0 Å². The summed E-state index contributed by atoms with van der Waals surface area (Å²) >= 11 is 0. The van der Waals surface area contributed by atoms with Gasteiger partial charge in [-0.3, -0.25) is 0 Å². The van der Waals surface area contributed by atoms with Crippen molar-refractivity contribution in [3.05, 3.63) is 47.5 Å². The fourth-order valence-electron chi connectivity index (χ4n) is 1.26. The number of hydrogen-bond donors (Lipinski definition) is 1. The number of nitrogens with two attached hydrogens (primary N) is 1. The number of fused-ring (bicyclic) bond motifs is 1. The zero-order valence-electron chi connectivity index (χ0n) is 6.97. The molecule has 0 aliphatic rings. The minimum atomic E-state index is 0.464. The van der Waals surface area contributed by atoms with Gasteiger partial charge >= 0.3 is 0 Å². The molecule has 13 heavy (non-hydrogen) atoms. The molecule has 0 atom stereocenters. The Morgan fingerprint density at radius 1 is 1.08 bits per heavy atom. The number of nitrogens with zero attached hydrogens (tertiary/aromatic N) is 1. The first kappa shape index (κ1) is 7.73. The minimum Gasteiger partial charge on any atom is -0.394 e. The van der Waals surface area contributed by atoms with Gasteiger partial charge in [-0.2, -0.15) is 0 Å². The van der Waals surface area contributed by atoms with Crippen LogP contribution in [0.5, 0.6) is 0 Å². The molecule has 1 heterocycles. The average Bonchev–Trinajstić information content (AvgIpc) is 2.27. The molecule has 0 fully saturated rings. The molecular weight excluding hydrogens is 164 g/mol. The van der Waals surface area contributed by atoms with Crippen LogP contribution in [0.15, 0.2) is 42.6 Å². The molecule has 2 N–H and O–H groups in total. The summed E-state index contributed by atoms with van der Waals surface area (Å²) in [4.78, 5) is 11.4. The molecule has 2 aromatic rings. The van der Waals surface area contributed by atoms with Gasteiger partial charge in [0, 0.05) is 11.0 Å². The van der Waals surface area contributed by atoms with E-state index >= 15 is 0 Å². The molecule has 0 radical (unpaired) electrons. The topological polar surface area (TPSA) is 49.0 Å². The second kappa shape index (κ2) is 2.86. The van der Waals surface area contributed by atoms with Gasteiger partial charge in [0.05, 0.1) is 9.81 Å². The Balaban J connectivity index is 3.02. The highest BCUT2D eigenvalue weighted by Crippen LogP contribution is 2.07. The smallest absolute Gasteiger partial charge is 0.270 e. The van der Waals surface area contributed by atoms with Crippen molar-refractivity contribution in [1.29, 1.82) is 0 Å². The number of hydrogen-bond acceptors (Lipinski definition) is 2. The molecule has 0 unspecified atom stereocenters. The Morgan fingerprint density at radius 3 is 2.69 bits per heavy atom. The van der Waals surface area contributed by atoms with Crippen molar-refractivity contribution < 1.29 is 4.43 Å². The Morgan fingerprint density at radius 2 is 1.85 bits per heavy atom. The van der Waals surface area contributed by atoms with E-state index in [4.69, 9.17) is 5.73 Å². The SMILES string of the molecule is Nc1ccc2ccccc2[n+](=O)c1. The van der Waals surface area contributed by atoms with Gasteiger partial charge in [0.1, 0.15) is 5.69 Å². The molecule has 0 bridgehead atoms. The molecule has 0 aliphatic carbocycles. The van der Waals surface area contributed by atoms with Crippen molar-refractivity contribution in [1.82, 2.24) is 0 Å². The van der Waals surface area contributed by atoms with Crippen molar-refractivity contribution >= 4 is 16.6 Å². The van der Waals surface area contributed by atoms with Gasteiger partial charge in [-0.1, -0.05) is 12.1 Å². The van der Waals surface area contributed by atoms with Crippen molar-refractivity contribution in [2.45, 2.75) is 0 Å². The van der Waals surface area contributed by atoms with E-state index in [1.165, 1.54) is 6.20 Å². The summed E-state index contributed by atoms with van der Waals surface area (Å²) in [6.07, 6.45) is 1.36. The van der Waals surface area contributed by atoms with Gasteiger partial charge in [0.2, 0.25) is 0 Å². The lowest BCUT2D eigenvalue weighted by Gasteiger charge is -1.80. The zero-order valence-corrected chi connectivity index (χ0v) is 6.97. The van der Waals surface area contributed by atoms with Gasteiger partial charge in [-0.25, -0.2) is 0 Å². The van der Waals surface area contributed by atoms with Crippen LogP contribution in [0.2, 0.25) is 0 Å². The van der Waals surface area contributed by atoms with Crippen molar-refractivity contribution in [3.8, 4) is 0 Å². The summed E-state index contributed by atoms with van der Waals surface area (Å²) in [6, 6.07) is 10.9. The summed E-state index contributed by atoms with van der Waals surface area (Å²) in [5.74, 6) is 0. The lowest BCUT2D eigenvalue weighted by atomic mass is 10.2. The molecule has 2 rings (SSSR count). The Kier molecular flexibility index (Phi) is 1.70. The first-order valence-corrected chi connectivity index (χ1v) is 3.98. The lowest BCUT2D eigenvalue weighted by molar-refractivity contribution is -0.462. The van der Waals surface area contributed by atoms with E-state index in [0.717, 1.165) is 9.81 Å². The van der Waals surface area contributed by atoms with Crippen LogP contribution < -0.4 is 10.2 Å². The second-order valence-electron chi connectivity index (χ2n) is 2.85. The molecule has 1 aromatic carbocycles. The van der Waals surface area contributed by atoms with Crippen LogP contribution in [0, 0.1) is 4.91 Å². The molecule has 0 saturated carbocycles. The third kappa shape index (κ3) is 1.36. The van der Waals surface area contributed by atoms with E-state index in [0.29, 0.717) is 11.2 Å². The Labute approximate surface area is 75.0 Å². The second-order valence-corrected chi connectivity index (χ2v) is 2.85. The average molecular weight is 173 g/mol. The molecule has 1 aromatic heterocycles. The summed E-state index contributed by atoms with van der Waals surface area (Å²) < 4.78 is 0.782. The van der Waals surface area contributed by atoms with Crippen LogP contribution in [0.25, 0.3) is 10.9 Å². The van der Waals surface area contributed by atoms with Crippen molar-refractivity contribution in [3.63, 3.8) is 0 Å². The van der Waals surface area contributed by atoms with Crippen LogP contribution in [-0.2, 0) is 0 Å². The van der Waals surface area contributed by atoms with E-state index in [2.05, 4.69) is 0 Å². The van der Waals surface area contributed by atoms with E-state index in [1.807, 2.05) is 24.3 Å². The van der Waals surface area contributed by atoms with Gasteiger partial charge in [-0.05, 0) is 18.2 Å². The quantitative estimate of drug-likeness (QED) is 0.611. The molecular formula is C10H9N2O+. The fraction of sp³-hybridized carbons (Fsp3) is 0.